The minimum absolute atomic E-state index is 0.254. The van der Waals surface area contributed by atoms with Gasteiger partial charge in [0.2, 0.25) is 0 Å². The number of hydrogen-bond acceptors (Lipinski definition) is 3. The third-order valence-corrected chi connectivity index (χ3v) is 4.02. The quantitative estimate of drug-likeness (QED) is 0.573. The lowest BCUT2D eigenvalue weighted by molar-refractivity contribution is 0.0953. The predicted octanol–water partition coefficient (Wildman–Crippen LogP) is 2.45. The van der Waals surface area contributed by atoms with E-state index >= 15 is 0 Å². The van der Waals surface area contributed by atoms with Crippen LogP contribution in [0.1, 0.15) is 26.3 Å². The van der Waals surface area contributed by atoms with Crippen LogP contribution in [-0.4, -0.2) is 34.9 Å². The first kappa shape index (κ1) is 17.4. The van der Waals surface area contributed by atoms with E-state index in [2.05, 4.69) is 33.2 Å². The number of rotatable bonds is 7. The summed E-state index contributed by atoms with van der Waals surface area (Å²) in [6.45, 7) is 4.40. The van der Waals surface area contributed by atoms with Gasteiger partial charge in [0.05, 0.1) is 11.1 Å². The molecule has 3 N–H and O–H groups in total. The maximum absolute atomic E-state index is 12.3. The third kappa shape index (κ3) is 3.97. The summed E-state index contributed by atoms with van der Waals surface area (Å²) in [6, 6.07) is 9.58. The minimum Gasteiger partial charge on any atom is -0.361 e. The van der Waals surface area contributed by atoms with E-state index in [4.69, 9.17) is 0 Å². The molecule has 3 rings (SSSR count). The van der Waals surface area contributed by atoms with Gasteiger partial charge in [-0.05, 0) is 24.1 Å². The van der Waals surface area contributed by atoms with Gasteiger partial charge in [-0.2, -0.15) is 0 Å². The van der Waals surface area contributed by atoms with E-state index < -0.39 is 0 Å². The van der Waals surface area contributed by atoms with Crippen molar-refractivity contribution in [2.45, 2.75) is 6.42 Å². The average Bonchev–Trinajstić information content (AvgIpc) is 3.09. The van der Waals surface area contributed by atoms with Gasteiger partial charge in [-0.15, -0.1) is 6.58 Å². The van der Waals surface area contributed by atoms with Crippen molar-refractivity contribution in [3.05, 3.63) is 78.3 Å². The van der Waals surface area contributed by atoms with Crippen LogP contribution in [0.25, 0.3) is 10.9 Å². The molecule has 0 spiro atoms. The highest BCUT2D eigenvalue weighted by Gasteiger charge is 2.11. The van der Waals surface area contributed by atoms with Crippen LogP contribution in [0.3, 0.4) is 0 Å². The molecule has 0 aliphatic rings. The van der Waals surface area contributed by atoms with Crippen LogP contribution in [0.15, 0.2) is 61.6 Å². The topological polar surface area (TPSA) is 86.9 Å². The van der Waals surface area contributed by atoms with Gasteiger partial charge in [0.25, 0.3) is 11.8 Å². The standard InChI is InChI=1S/C20H20N4O2/c1-2-8-22-19(25)15-10-16(12-21-11-15)20(26)23-9-7-14-13-24-18-6-4-3-5-17(14)18/h2-6,10-13,24H,1,7-9H2,(H,22,25)(H,23,26). The summed E-state index contributed by atoms with van der Waals surface area (Å²) < 4.78 is 0. The van der Waals surface area contributed by atoms with Gasteiger partial charge in [0.15, 0.2) is 0 Å². The number of aromatic amines is 1. The molecule has 0 atom stereocenters. The molecule has 0 bridgehead atoms. The first-order valence-electron chi connectivity index (χ1n) is 8.36. The molecule has 0 unspecified atom stereocenters. The zero-order valence-corrected chi connectivity index (χ0v) is 14.3. The number of benzene rings is 1. The summed E-state index contributed by atoms with van der Waals surface area (Å²) in [5.41, 5.74) is 2.93. The molecule has 26 heavy (non-hydrogen) atoms. The van der Waals surface area contributed by atoms with Crippen molar-refractivity contribution < 1.29 is 9.59 Å². The van der Waals surface area contributed by atoms with E-state index in [1.165, 1.54) is 18.5 Å². The number of carbonyl (C=O) groups is 2. The number of H-pyrrole nitrogens is 1. The average molecular weight is 348 g/mol. The molecule has 2 amide bonds. The summed E-state index contributed by atoms with van der Waals surface area (Å²) in [5, 5.41) is 6.69. The molecule has 6 nitrogen and oxygen atoms in total. The van der Waals surface area contributed by atoms with Crippen LogP contribution in [-0.2, 0) is 6.42 Å². The number of amides is 2. The lowest BCUT2D eigenvalue weighted by Gasteiger charge is -2.07. The Morgan fingerprint density at radius 3 is 2.62 bits per heavy atom. The summed E-state index contributed by atoms with van der Waals surface area (Å²) >= 11 is 0. The van der Waals surface area contributed by atoms with Crippen LogP contribution in [0.4, 0.5) is 0 Å². The number of aromatic nitrogens is 2. The van der Waals surface area contributed by atoms with Crippen molar-refractivity contribution in [1.82, 2.24) is 20.6 Å². The van der Waals surface area contributed by atoms with Crippen molar-refractivity contribution in [2.75, 3.05) is 13.1 Å². The van der Waals surface area contributed by atoms with E-state index in [-0.39, 0.29) is 11.8 Å². The van der Waals surface area contributed by atoms with Crippen LogP contribution in [0.2, 0.25) is 0 Å². The minimum atomic E-state index is -0.286. The van der Waals surface area contributed by atoms with Crippen molar-refractivity contribution in [2.24, 2.45) is 0 Å². The number of nitrogens with zero attached hydrogens (tertiary/aromatic N) is 1. The van der Waals surface area contributed by atoms with Gasteiger partial charge in [0, 0.05) is 42.6 Å². The first-order valence-corrected chi connectivity index (χ1v) is 8.36. The van der Waals surface area contributed by atoms with Crippen LogP contribution in [0.5, 0.6) is 0 Å². The van der Waals surface area contributed by atoms with Gasteiger partial charge < -0.3 is 15.6 Å². The number of para-hydroxylation sites is 1. The summed E-state index contributed by atoms with van der Waals surface area (Å²) in [6.07, 6.45) is 7.14. The fourth-order valence-corrected chi connectivity index (χ4v) is 2.71. The monoisotopic (exact) mass is 348 g/mol. The van der Waals surface area contributed by atoms with E-state index in [0.717, 1.165) is 16.5 Å². The van der Waals surface area contributed by atoms with Crippen LogP contribution >= 0.6 is 0 Å². The van der Waals surface area contributed by atoms with Gasteiger partial charge in [-0.25, -0.2) is 0 Å². The maximum atomic E-state index is 12.3. The van der Waals surface area contributed by atoms with Gasteiger partial charge in [-0.1, -0.05) is 24.3 Å². The summed E-state index contributed by atoms with van der Waals surface area (Å²) in [5.74, 6) is -0.540. The molecule has 2 heterocycles. The van der Waals surface area contributed by atoms with Gasteiger partial charge >= 0.3 is 0 Å². The molecule has 0 saturated heterocycles. The second-order valence-corrected chi connectivity index (χ2v) is 5.83. The van der Waals surface area contributed by atoms with Crippen LogP contribution < -0.4 is 10.6 Å². The molecule has 1 aromatic carbocycles. The fraction of sp³-hybridized carbons (Fsp3) is 0.150. The summed E-state index contributed by atoms with van der Waals surface area (Å²) in [4.78, 5) is 31.5. The van der Waals surface area contributed by atoms with E-state index in [9.17, 15) is 9.59 Å². The molecule has 132 valence electrons. The Hall–Kier alpha value is -3.41. The first-order chi connectivity index (χ1) is 12.7. The Labute approximate surface area is 151 Å². The predicted molar refractivity (Wildman–Crippen MR) is 101 cm³/mol. The van der Waals surface area contributed by atoms with E-state index in [1.807, 2.05) is 24.4 Å². The number of nitrogens with one attached hydrogen (secondary N) is 3. The van der Waals surface area contributed by atoms with Crippen LogP contribution in [0, 0.1) is 0 Å². The lowest BCUT2D eigenvalue weighted by atomic mass is 10.1. The van der Waals surface area contributed by atoms with E-state index in [1.54, 1.807) is 6.08 Å². The SMILES string of the molecule is C=CCNC(=O)c1cncc(C(=O)NCCc2c[nH]c3ccccc23)c1. The Kier molecular flexibility index (Phi) is 5.43. The molecule has 0 aliphatic carbocycles. The fourth-order valence-electron chi connectivity index (χ4n) is 2.71. The zero-order chi connectivity index (χ0) is 18.4. The second kappa shape index (κ2) is 8.11. The Morgan fingerprint density at radius 1 is 1.12 bits per heavy atom. The maximum Gasteiger partial charge on any atom is 0.253 e. The molecular formula is C20H20N4O2. The smallest absolute Gasteiger partial charge is 0.253 e. The zero-order valence-electron chi connectivity index (χ0n) is 14.3. The van der Waals surface area contributed by atoms with Gasteiger partial charge in [-0.3, -0.25) is 14.6 Å². The normalized spacial score (nSPS) is 10.5. The highest BCUT2D eigenvalue weighted by molar-refractivity contribution is 5.99. The number of carbonyl (C=O) groups excluding carboxylic acids is 2. The highest BCUT2D eigenvalue weighted by atomic mass is 16.2. The highest BCUT2D eigenvalue weighted by Crippen LogP contribution is 2.17. The number of fused-ring (bicyclic) bond motifs is 1. The summed E-state index contributed by atoms with van der Waals surface area (Å²) in [7, 11) is 0. The molecule has 2 aromatic heterocycles. The molecule has 0 aliphatic heterocycles. The molecule has 0 fully saturated rings. The molecule has 0 saturated carbocycles. The largest absolute Gasteiger partial charge is 0.361 e. The molecule has 3 aromatic rings. The number of pyridine rings is 1. The van der Waals surface area contributed by atoms with E-state index in [0.29, 0.717) is 30.6 Å². The molecule has 0 radical (unpaired) electrons. The lowest BCUT2D eigenvalue weighted by Crippen LogP contribution is -2.27. The van der Waals surface area contributed by atoms with Crippen molar-refractivity contribution >= 4 is 22.7 Å². The Balaban J connectivity index is 1.60. The van der Waals surface area contributed by atoms with Gasteiger partial charge in [0.1, 0.15) is 0 Å². The Bertz CT molecular complexity index is 946. The molecular weight excluding hydrogens is 328 g/mol. The third-order valence-electron chi connectivity index (χ3n) is 4.02. The number of hydrogen-bond donors (Lipinski definition) is 3. The second-order valence-electron chi connectivity index (χ2n) is 5.83. The van der Waals surface area contributed by atoms with Crippen molar-refractivity contribution in [1.29, 1.82) is 0 Å². The van der Waals surface area contributed by atoms with Crippen molar-refractivity contribution in [3.63, 3.8) is 0 Å². The van der Waals surface area contributed by atoms with Crippen molar-refractivity contribution in [3.8, 4) is 0 Å². The molecule has 6 heteroatoms. The Morgan fingerprint density at radius 2 is 1.85 bits per heavy atom.